The van der Waals surface area contributed by atoms with E-state index in [1.807, 2.05) is 6.07 Å². The molecule has 2 aromatic rings. The molecule has 0 aliphatic carbocycles. The first kappa shape index (κ1) is 17.2. The molecule has 0 amide bonds. The molecule has 1 unspecified atom stereocenters. The summed E-state index contributed by atoms with van der Waals surface area (Å²) in [7, 11) is 4.32. The van der Waals surface area contributed by atoms with Gasteiger partial charge in [0.25, 0.3) is 0 Å². The predicted octanol–water partition coefficient (Wildman–Crippen LogP) is 3.20. The van der Waals surface area contributed by atoms with Crippen LogP contribution in [-0.2, 0) is 6.61 Å². The topological polar surface area (TPSA) is 39.6 Å². The summed E-state index contributed by atoms with van der Waals surface area (Å²) in [5.74, 6) is 1.70. The minimum Gasteiger partial charge on any atom is -0.392 e. The van der Waals surface area contributed by atoms with Gasteiger partial charge in [-0.3, -0.25) is 0 Å². The zero-order chi connectivity index (χ0) is 17.3. The second-order valence-corrected chi connectivity index (χ2v) is 7.30. The molecule has 1 aliphatic rings. The van der Waals surface area contributed by atoms with E-state index in [0.29, 0.717) is 6.04 Å². The smallest absolute Gasteiger partial charge is 0.134 e. The third-order valence-electron chi connectivity index (χ3n) is 5.61. The minimum absolute atomic E-state index is 0.0419. The van der Waals surface area contributed by atoms with Crippen molar-refractivity contribution in [3.63, 3.8) is 0 Å². The molecule has 0 spiro atoms. The van der Waals surface area contributed by atoms with E-state index in [1.54, 1.807) is 0 Å². The van der Waals surface area contributed by atoms with Gasteiger partial charge in [-0.05, 0) is 58.3 Å². The van der Waals surface area contributed by atoms with Crippen LogP contribution in [0.1, 0.15) is 30.9 Å². The van der Waals surface area contributed by atoms with Crippen LogP contribution in [0.15, 0.2) is 24.3 Å². The fourth-order valence-corrected chi connectivity index (χ4v) is 3.79. The maximum Gasteiger partial charge on any atom is 0.134 e. The molecule has 1 atom stereocenters. The molecule has 1 aliphatic heterocycles. The summed E-state index contributed by atoms with van der Waals surface area (Å²) in [4.78, 5) is 9.60. The Hall–Kier alpha value is -1.65. The lowest BCUT2D eigenvalue weighted by Crippen LogP contribution is -2.42. The number of aromatic nitrogens is 1. The summed E-state index contributed by atoms with van der Waals surface area (Å²) in [6.45, 7) is 6.49. The molecule has 1 fully saturated rings. The Labute approximate surface area is 145 Å². The summed E-state index contributed by atoms with van der Waals surface area (Å²) in [6.07, 6.45) is 2.36. The molecule has 3 rings (SSSR count). The van der Waals surface area contributed by atoms with Gasteiger partial charge in [0.1, 0.15) is 5.82 Å². The van der Waals surface area contributed by atoms with Crippen molar-refractivity contribution in [2.24, 2.45) is 5.92 Å². The Morgan fingerprint density at radius 3 is 2.62 bits per heavy atom. The normalized spacial score (nSPS) is 17.7. The lowest BCUT2D eigenvalue weighted by molar-refractivity contribution is 0.198. The summed E-state index contributed by atoms with van der Waals surface area (Å²) < 4.78 is 0. The number of hydrogen-bond donors (Lipinski definition) is 1. The van der Waals surface area contributed by atoms with Crippen LogP contribution in [0.4, 0.5) is 5.82 Å². The van der Waals surface area contributed by atoms with Crippen LogP contribution < -0.4 is 4.90 Å². The molecule has 0 radical (unpaired) electrons. The highest BCUT2D eigenvalue weighted by Gasteiger charge is 2.26. The molecule has 130 valence electrons. The Bertz CT molecular complexity index is 705. The van der Waals surface area contributed by atoms with Gasteiger partial charge in [0, 0.05) is 30.1 Å². The third kappa shape index (κ3) is 3.26. The second kappa shape index (κ2) is 7.08. The van der Waals surface area contributed by atoms with Crippen molar-refractivity contribution in [3.8, 4) is 0 Å². The van der Waals surface area contributed by atoms with Crippen molar-refractivity contribution >= 4 is 16.7 Å². The van der Waals surface area contributed by atoms with E-state index in [1.165, 1.54) is 18.4 Å². The summed E-state index contributed by atoms with van der Waals surface area (Å²) in [5, 5.41) is 10.9. The average molecular weight is 327 g/mol. The van der Waals surface area contributed by atoms with Gasteiger partial charge in [0.2, 0.25) is 0 Å². The van der Waals surface area contributed by atoms with Crippen molar-refractivity contribution in [1.82, 2.24) is 9.88 Å². The van der Waals surface area contributed by atoms with Gasteiger partial charge in [-0.2, -0.15) is 0 Å². The van der Waals surface area contributed by atoms with Gasteiger partial charge in [0.15, 0.2) is 0 Å². The Morgan fingerprint density at radius 2 is 2.00 bits per heavy atom. The quantitative estimate of drug-likeness (QED) is 0.936. The number of fused-ring (bicyclic) bond motifs is 1. The number of rotatable bonds is 4. The van der Waals surface area contributed by atoms with Crippen molar-refractivity contribution in [3.05, 3.63) is 35.4 Å². The van der Waals surface area contributed by atoms with Crippen LogP contribution in [0.2, 0.25) is 0 Å². The van der Waals surface area contributed by atoms with Crippen molar-refractivity contribution in [1.29, 1.82) is 0 Å². The minimum atomic E-state index is 0.0419. The highest BCUT2D eigenvalue weighted by Crippen LogP contribution is 2.30. The first-order chi connectivity index (χ1) is 11.5. The van der Waals surface area contributed by atoms with Gasteiger partial charge in [-0.15, -0.1) is 0 Å². The molecule has 4 nitrogen and oxygen atoms in total. The zero-order valence-electron chi connectivity index (χ0n) is 15.3. The molecular formula is C20H29N3O. The number of para-hydroxylation sites is 1. The maximum atomic E-state index is 9.82. The molecule has 1 aromatic carbocycles. The van der Waals surface area contributed by atoms with Gasteiger partial charge < -0.3 is 14.9 Å². The van der Waals surface area contributed by atoms with Gasteiger partial charge in [0.05, 0.1) is 12.1 Å². The van der Waals surface area contributed by atoms with Crippen LogP contribution >= 0.6 is 0 Å². The second-order valence-electron chi connectivity index (χ2n) is 7.30. The van der Waals surface area contributed by atoms with E-state index >= 15 is 0 Å². The lowest BCUT2D eigenvalue weighted by atomic mass is 9.89. The Morgan fingerprint density at radius 1 is 1.29 bits per heavy atom. The van der Waals surface area contributed by atoms with Crippen LogP contribution in [0.5, 0.6) is 0 Å². The fourth-order valence-electron chi connectivity index (χ4n) is 3.79. The van der Waals surface area contributed by atoms with Crippen LogP contribution in [0.25, 0.3) is 10.9 Å². The standard InChI is InChI=1S/C20H29N3O/c1-14-6-5-7-17-12-18(13-24)20(21-19(14)17)23-10-8-16(9-11-23)15(2)22(3)4/h5-7,12,15-16,24H,8-11,13H2,1-4H3. The zero-order valence-corrected chi connectivity index (χ0v) is 15.3. The molecule has 1 aromatic heterocycles. The van der Waals surface area contributed by atoms with E-state index in [0.717, 1.165) is 41.3 Å². The van der Waals surface area contributed by atoms with E-state index in [2.05, 4.69) is 55.9 Å². The number of nitrogens with zero attached hydrogens (tertiary/aromatic N) is 3. The predicted molar refractivity (Wildman–Crippen MR) is 100 cm³/mol. The lowest BCUT2D eigenvalue weighted by Gasteiger charge is -2.38. The highest BCUT2D eigenvalue weighted by atomic mass is 16.3. The molecule has 24 heavy (non-hydrogen) atoms. The first-order valence-electron chi connectivity index (χ1n) is 8.92. The van der Waals surface area contributed by atoms with Crippen LogP contribution in [0, 0.1) is 12.8 Å². The van der Waals surface area contributed by atoms with E-state index < -0.39 is 0 Å². The molecule has 0 saturated carbocycles. The van der Waals surface area contributed by atoms with Crippen molar-refractivity contribution in [2.75, 3.05) is 32.1 Å². The summed E-state index contributed by atoms with van der Waals surface area (Å²) >= 11 is 0. The number of hydrogen-bond acceptors (Lipinski definition) is 4. The monoisotopic (exact) mass is 327 g/mol. The van der Waals surface area contributed by atoms with Crippen molar-refractivity contribution in [2.45, 2.75) is 39.3 Å². The van der Waals surface area contributed by atoms with Crippen LogP contribution in [0.3, 0.4) is 0 Å². The summed E-state index contributed by atoms with van der Waals surface area (Å²) in [5.41, 5.74) is 3.18. The average Bonchev–Trinajstić information content (AvgIpc) is 2.60. The molecule has 4 heteroatoms. The van der Waals surface area contributed by atoms with E-state index in [4.69, 9.17) is 4.98 Å². The SMILES string of the molecule is Cc1cccc2cc(CO)c(N3CCC(C(C)N(C)C)CC3)nc12. The van der Waals surface area contributed by atoms with E-state index in [-0.39, 0.29) is 6.61 Å². The van der Waals surface area contributed by atoms with Gasteiger partial charge >= 0.3 is 0 Å². The first-order valence-corrected chi connectivity index (χ1v) is 8.92. The number of aryl methyl sites for hydroxylation is 1. The Kier molecular flexibility index (Phi) is 5.07. The van der Waals surface area contributed by atoms with Crippen molar-refractivity contribution < 1.29 is 5.11 Å². The number of pyridine rings is 1. The number of aliphatic hydroxyl groups is 1. The summed E-state index contributed by atoms with van der Waals surface area (Å²) in [6, 6.07) is 8.93. The largest absolute Gasteiger partial charge is 0.392 e. The third-order valence-corrected chi connectivity index (χ3v) is 5.61. The molecule has 1 saturated heterocycles. The van der Waals surface area contributed by atoms with Crippen LogP contribution in [-0.4, -0.2) is 48.2 Å². The number of benzene rings is 1. The molecular weight excluding hydrogens is 298 g/mol. The molecule has 2 heterocycles. The highest BCUT2D eigenvalue weighted by molar-refractivity contribution is 5.84. The van der Waals surface area contributed by atoms with Gasteiger partial charge in [-0.1, -0.05) is 18.2 Å². The molecule has 1 N–H and O–H groups in total. The number of anilines is 1. The van der Waals surface area contributed by atoms with E-state index in [9.17, 15) is 5.11 Å². The molecule has 0 bridgehead atoms. The number of aliphatic hydroxyl groups excluding tert-OH is 1. The Balaban J connectivity index is 1.86. The fraction of sp³-hybridized carbons (Fsp3) is 0.550. The number of piperidine rings is 1. The maximum absolute atomic E-state index is 9.82. The van der Waals surface area contributed by atoms with Gasteiger partial charge in [-0.25, -0.2) is 4.98 Å².